The second-order valence-corrected chi connectivity index (χ2v) is 19.0. The SMILES string of the molecule is CC(C)(OS(C)(C)S(C)(C)C)C(=O)c1ccc(Oc2ccccc2)cc1. The molecule has 0 saturated carbocycles. The molecular formula is C21H30O3S2. The number of hydrogen-bond acceptors (Lipinski definition) is 3. The van der Waals surface area contributed by atoms with E-state index in [1.165, 1.54) is 0 Å². The molecule has 2 aromatic rings. The Bertz CT molecular complexity index is 745. The molecule has 5 heteroatoms. The zero-order valence-electron chi connectivity index (χ0n) is 16.7. The Morgan fingerprint density at radius 3 is 1.81 bits per heavy atom. The lowest BCUT2D eigenvalue weighted by Crippen LogP contribution is -2.36. The van der Waals surface area contributed by atoms with Gasteiger partial charge < -0.3 is 8.92 Å². The molecule has 0 unspecified atom stereocenters. The lowest BCUT2D eigenvalue weighted by atomic mass is 9.97. The molecule has 0 fully saturated rings. The Kier molecular flexibility index (Phi) is 6.16. The number of carbonyl (C=O) groups is 1. The molecule has 0 aliphatic carbocycles. The molecule has 3 nitrogen and oxygen atoms in total. The molecule has 144 valence electrons. The van der Waals surface area contributed by atoms with Crippen LogP contribution in [0.15, 0.2) is 54.6 Å². The molecule has 0 radical (unpaired) electrons. The number of hydrogen-bond donors (Lipinski definition) is 0. The van der Waals surface area contributed by atoms with Crippen molar-refractivity contribution >= 4 is 24.2 Å². The highest BCUT2D eigenvalue weighted by atomic mass is 33.2. The van der Waals surface area contributed by atoms with Gasteiger partial charge in [0.1, 0.15) is 17.1 Å². The number of Topliss-reactive ketones (excluding diaryl/α,β-unsaturated/α-hetero) is 1. The summed E-state index contributed by atoms with van der Waals surface area (Å²) in [4.78, 5) is 13.0. The predicted molar refractivity (Wildman–Crippen MR) is 117 cm³/mol. The standard InChI is InChI=1S/C21H30O3S2/c1-21(2,24-26(6,7)25(3,4)5)20(22)17-13-15-19(16-14-17)23-18-11-9-8-10-12-18/h8-16H,1-7H3. The van der Waals surface area contributed by atoms with Gasteiger partial charge in [0.05, 0.1) is 0 Å². The molecule has 0 atom stereocenters. The van der Waals surface area contributed by atoms with Crippen LogP contribution in [0.2, 0.25) is 0 Å². The van der Waals surface area contributed by atoms with Crippen LogP contribution in [-0.2, 0) is 4.18 Å². The van der Waals surface area contributed by atoms with Gasteiger partial charge in [-0.25, -0.2) is 0 Å². The molecule has 0 aromatic heterocycles. The molecule has 0 N–H and O–H groups in total. The number of ether oxygens (including phenoxy) is 1. The molecule has 0 bridgehead atoms. The topological polar surface area (TPSA) is 35.5 Å². The van der Waals surface area contributed by atoms with Gasteiger partial charge in [-0.15, -0.1) is 9.34 Å². The van der Waals surface area contributed by atoms with Gasteiger partial charge in [0.25, 0.3) is 0 Å². The van der Waals surface area contributed by atoms with Crippen LogP contribution in [0, 0.1) is 0 Å². The Labute approximate surface area is 160 Å². The number of para-hydroxylation sites is 1. The van der Waals surface area contributed by atoms with Crippen molar-refractivity contribution in [3.05, 3.63) is 60.2 Å². The van der Waals surface area contributed by atoms with Gasteiger partial charge in [0.2, 0.25) is 0 Å². The molecule has 0 spiro atoms. The quantitative estimate of drug-likeness (QED) is 0.424. The smallest absolute Gasteiger partial charge is 0.195 e. The van der Waals surface area contributed by atoms with Gasteiger partial charge in [-0.05, 0) is 81.5 Å². The summed E-state index contributed by atoms with van der Waals surface area (Å²) < 4.78 is 12.2. The van der Waals surface area contributed by atoms with Gasteiger partial charge in [0, 0.05) is 5.56 Å². The van der Waals surface area contributed by atoms with Crippen molar-refractivity contribution in [3.8, 4) is 11.5 Å². The Hall–Kier alpha value is -1.43. The summed E-state index contributed by atoms with van der Waals surface area (Å²) in [6, 6.07) is 16.8. The Balaban J connectivity index is 2.13. The van der Waals surface area contributed by atoms with Crippen LogP contribution in [0.5, 0.6) is 11.5 Å². The molecule has 0 saturated heterocycles. The first-order chi connectivity index (χ1) is 11.9. The number of ketones is 1. The third-order valence-electron chi connectivity index (χ3n) is 4.26. The van der Waals surface area contributed by atoms with E-state index in [-0.39, 0.29) is 5.78 Å². The van der Waals surface area contributed by atoms with Crippen molar-refractivity contribution in [1.29, 1.82) is 0 Å². The fourth-order valence-corrected chi connectivity index (χ4v) is 4.69. The average Bonchev–Trinajstić information content (AvgIpc) is 2.54. The highest BCUT2D eigenvalue weighted by molar-refractivity contribution is 9.05. The number of rotatable bonds is 7. The summed E-state index contributed by atoms with van der Waals surface area (Å²) in [6.45, 7) is 3.73. The third kappa shape index (κ3) is 5.06. The van der Waals surface area contributed by atoms with Gasteiger partial charge >= 0.3 is 0 Å². The first kappa shape index (κ1) is 20.9. The third-order valence-corrected chi connectivity index (χ3v) is 14.9. The lowest BCUT2D eigenvalue weighted by Gasteiger charge is -2.51. The van der Waals surface area contributed by atoms with Crippen LogP contribution in [0.4, 0.5) is 0 Å². The maximum Gasteiger partial charge on any atom is 0.195 e. The summed E-state index contributed by atoms with van der Waals surface area (Å²) in [5, 5.41) is 0. The molecule has 0 aliphatic heterocycles. The maximum absolute atomic E-state index is 13.0. The lowest BCUT2D eigenvalue weighted by molar-refractivity contribution is 0.0641. The molecular weight excluding hydrogens is 364 g/mol. The Morgan fingerprint density at radius 1 is 0.808 bits per heavy atom. The van der Waals surface area contributed by atoms with E-state index in [2.05, 4.69) is 31.3 Å². The van der Waals surface area contributed by atoms with Crippen molar-refractivity contribution in [2.24, 2.45) is 0 Å². The normalized spacial score (nSPS) is 14.0. The minimum absolute atomic E-state index is 0.00649. The van der Waals surface area contributed by atoms with Crippen molar-refractivity contribution < 1.29 is 13.7 Å². The summed E-state index contributed by atoms with van der Waals surface area (Å²) in [6.07, 6.45) is 11.0. The van der Waals surface area contributed by atoms with Crippen molar-refractivity contribution in [2.75, 3.05) is 31.3 Å². The van der Waals surface area contributed by atoms with Crippen LogP contribution in [-0.4, -0.2) is 42.7 Å². The Morgan fingerprint density at radius 2 is 1.31 bits per heavy atom. The molecule has 0 heterocycles. The van der Waals surface area contributed by atoms with Crippen LogP contribution >= 0.6 is 18.4 Å². The van der Waals surface area contributed by atoms with E-state index >= 15 is 0 Å². The van der Waals surface area contributed by atoms with Crippen LogP contribution in [0.25, 0.3) is 0 Å². The number of benzene rings is 2. The maximum atomic E-state index is 13.0. The zero-order chi connectivity index (χ0) is 19.6. The minimum Gasteiger partial charge on any atom is -0.457 e. The van der Waals surface area contributed by atoms with Gasteiger partial charge in [0.15, 0.2) is 5.78 Å². The first-order valence-corrected chi connectivity index (χ1v) is 14.2. The molecule has 0 aliphatic rings. The fraction of sp³-hybridized carbons (Fsp3) is 0.381. The van der Waals surface area contributed by atoms with E-state index in [1.54, 1.807) is 12.1 Å². The van der Waals surface area contributed by atoms with Crippen LogP contribution < -0.4 is 4.74 Å². The number of carbonyl (C=O) groups excluding carboxylic acids is 1. The molecule has 2 rings (SSSR count). The van der Waals surface area contributed by atoms with Crippen LogP contribution in [0.3, 0.4) is 0 Å². The second kappa shape index (κ2) is 7.67. The van der Waals surface area contributed by atoms with Crippen LogP contribution in [0.1, 0.15) is 24.2 Å². The van der Waals surface area contributed by atoms with Crippen molar-refractivity contribution in [2.45, 2.75) is 19.4 Å². The van der Waals surface area contributed by atoms with Gasteiger partial charge in [-0.3, -0.25) is 4.79 Å². The van der Waals surface area contributed by atoms with E-state index < -0.39 is 24.0 Å². The molecule has 26 heavy (non-hydrogen) atoms. The summed E-state index contributed by atoms with van der Waals surface area (Å²) in [5.74, 6) is 1.47. The second-order valence-electron chi connectivity index (χ2n) is 7.73. The van der Waals surface area contributed by atoms with Crippen molar-refractivity contribution in [3.63, 3.8) is 0 Å². The summed E-state index contributed by atoms with van der Waals surface area (Å²) >= 11 is 0. The monoisotopic (exact) mass is 394 g/mol. The predicted octanol–water partition coefficient (Wildman–Crippen LogP) is 6.05. The molecule has 0 amide bonds. The van der Waals surface area contributed by atoms with E-state index in [9.17, 15) is 4.79 Å². The van der Waals surface area contributed by atoms with Gasteiger partial charge in [-0.2, -0.15) is 9.06 Å². The summed E-state index contributed by atoms with van der Waals surface area (Å²) in [7, 11) is -2.22. The average molecular weight is 395 g/mol. The largest absolute Gasteiger partial charge is 0.457 e. The summed E-state index contributed by atoms with van der Waals surface area (Å²) in [5.41, 5.74) is -0.226. The van der Waals surface area contributed by atoms with E-state index in [4.69, 9.17) is 8.92 Å². The highest BCUT2D eigenvalue weighted by Gasteiger charge is 2.37. The fourth-order valence-electron chi connectivity index (χ4n) is 2.29. The van der Waals surface area contributed by atoms with E-state index in [0.29, 0.717) is 11.3 Å². The first-order valence-electron chi connectivity index (χ1n) is 8.42. The highest BCUT2D eigenvalue weighted by Crippen LogP contribution is 2.73. The van der Waals surface area contributed by atoms with E-state index in [0.717, 1.165) is 5.75 Å². The molecule has 2 aromatic carbocycles. The van der Waals surface area contributed by atoms with Gasteiger partial charge in [-0.1, -0.05) is 18.2 Å². The van der Waals surface area contributed by atoms with E-state index in [1.807, 2.05) is 56.3 Å². The van der Waals surface area contributed by atoms with Crippen molar-refractivity contribution in [1.82, 2.24) is 0 Å². The minimum atomic E-state index is -1.32. The zero-order valence-corrected chi connectivity index (χ0v) is 18.4.